The maximum absolute atomic E-state index is 12.7. The zero-order valence-electron chi connectivity index (χ0n) is 28.8. The average molecular weight is 655 g/mol. The average Bonchev–Trinajstić information content (AvgIpc) is 3.08. The third kappa shape index (κ3) is 17.1. The van der Waals surface area contributed by atoms with Crippen molar-refractivity contribution in [2.75, 3.05) is 32.2 Å². The van der Waals surface area contributed by atoms with E-state index >= 15 is 0 Å². The van der Waals surface area contributed by atoms with Crippen molar-refractivity contribution in [1.29, 1.82) is 0 Å². The zero-order chi connectivity index (χ0) is 32.5. The van der Waals surface area contributed by atoms with Crippen LogP contribution in [0, 0.1) is 0 Å². The third-order valence-electron chi connectivity index (χ3n) is 8.88. The summed E-state index contributed by atoms with van der Waals surface area (Å²) in [6, 6.07) is 15.3. The number of unbranched alkanes of at least 4 members (excludes halogenated alkanes) is 15. The van der Waals surface area contributed by atoms with Gasteiger partial charge in [-0.2, -0.15) is 0 Å². The van der Waals surface area contributed by atoms with E-state index in [0.29, 0.717) is 24.5 Å². The van der Waals surface area contributed by atoms with Crippen LogP contribution in [-0.4, -0.2) is 46.7 Å². The molecule has 1 heterocycles. The van der Waals surface area contributed by atoms with Gasteiger partial charge in [-0.15, -0.1) is 0 Å². The molecule has 0 bridgehead atoms. The Morgan fingerprint density at radius 2 is 1.20 bits per heavy atom. The Bertz CT molecular complexity index is 1150. The summed E-state index contributed by atoms with van der Waals surface area (Å²) in [6.07, 6.45) is 28.6. The van der Waals surface area contributed by atoms with Crippen molar-refractivity contribution in [2.45, 2.75) is 140 Å². The summed E-state index contributed by atoms with van der Waals surface area (Å²) in [4.78, 5) is 0.358. The highest BCUT2D eigenvalue weighted by molar-refractivity contribution is 7.91. The monoisotopic (exact) mass is 654 g/mol. The van der Waals surface area contributed by atoms with E-state index < -0.39 is 9.84 Å². The first-order chi connectivity index (χ1) is 22.6. The second-order valence-electron chi connectivity index (χ2n) is 13.0. The van der Waals surface area contributed by atoms with E-state index in [9.17, 15) is 8.42 Å². The molecule has 1 aliphatic heterocycles. The van der Waals surface area contributed by atoms with Crippen molar-refractivity contribution in [3.63, 3.8) is 0 Å². The summed E-state index contributed by atoms with van der Waals surface area (Å²) in [5, 5.41) is 0. The van der Waals surface area contributed by atoms with Gasteiger partial charge in [0.1, 0.15) is 5.75 Å². The lowest BCUT2D eigenvalue weighted by atomic mass is 10.0. The highest BCUT2D eigenvalue weighted by atomic mass is 32.2. The smallest absolute Gasteiger partial charge is 0.178 e. The molecule has 2 aromatic carbocycles. The molecule has 5 nitrogen and oxygen atoms in total. The molecule has 0 aliphatic carbocycles. The molecule has 0 N–H and O–H groups in total. The molecule has 1 unspecified atom stereocenters. The lowest BCUT2D eigenvalue weighted by Crippen LogP contribution is -2.26. The van der Waals surface area contributed by atoms with Gasteiger partial charge >= 0.3 is 0 Å². The van der Waals surface area contributed by atoms with Crippen LogP contribution in [0.1, 0.15) is 140 Å². The van der Waals surface area contributed by atoms with Gasteiger partial charge in [-0.3, -0.25) is 0 Å². The minimum Gasteiger partial charge on any atom is -0.494 e. The zero-order valence-corrected chi connectivity index (χ0v) is 29.6. The second-order valence-corrected chi connectivity index (χ2v) is 15.1. The SMILES string of the molecule is CCCCCCCCCCCCCCCCCCOc1ccc(C=Cc2ccc(S(=O)(=O)CCCOC3CCCOC3)cc2)cc1. The Morgan fingerprint density at radius 1 is 0.674 bits per heavy atom. The Labute approximate surface area is 281 Å². The normalized spacial score (nSPS) is 15.5. The standard InChI is InChI=1S/C40H62O5S/c1-2-3-4-5-6-7-8-9-10-11-12-13-14-15-16-17-32-44-38-27-23-36(24-28-38)21-22-37-25-29-40(30-26-37)46(41,42)34-19-33-45-39-20-18-31-43-35-39/h21-30,39H,2-20,31-35H2,1H3. The van der Waals surface area contributed by atoms with Crippen LogP contribution in [-0.2, 0) is 19.3 Å². The van der Waals surface area contributed by atoms with Crippen molar-refractivity contribution in [2.24, 2.45) is 0 Å². The molecule has 2 aromatic rings. The lowest BCUT2D eigenvalue weighted by Gasteiger charge is -2.22. The van der Waals surface area contributed by atoms with Crippen LogP contribution < -0.4 is 4.74 Å². The minimum atomic E-state index is -3.33. The second kappa shape index (κ2) is 24.1. The molecule has 1 fully saturated rings. The summed E-state index contributed by atoms with van der Waals surface area (Å²) >= 11 is 0. The maximum Gasteiger partial charge on any atom is 0.178 e. The number of sulfone groups is 1. The van der Waals surface area contributed by atoms with E-state index in [4.69, 9.17) is 14.2 Å². The van der Waals surface area contributed by atoms with Gasteiger partial charge in [0.15, 0.2) is 9.84 Å². The van der Waals surface area contributed by atoms with E-state index in [1.807, 2.05) is 36.4 Å². The van der Waals surface area contributed by atoms with Gasteiger partial charge in [-0.25, -0.2) is 8.42 Å². The predicted octanol–water partition coefficient (Wildman–Crippen LogP) is 10.9. The fraction of sp³-hybridized carbons (Fsp3) is 0.650. The number of rotatable bonds is 26. The maximum atomic E-state index is 12.7. The fourth-order valence-electron chi connectivity index (χ4n) is 5.95. The van der Waals surface area contributed by atoms with Gasteiger partial charge in [0.25, 0.3) is 0 Å². The van der Waals surface area contributed by atoms with Crippen LogP contribution in [0.15, 0.2) is 53.4 Å². The molecule has 258 valence electrons. The predicted molar refractivity (Wildman–Crippen MR) is 193 cm³/mol. The van der Waals surface area contributed by atoms with Gasteiger partial charge < -0.3 is 14.2 Å². The van der Waals surface area contributed by atoms with Crippen LogP contribution in [0.2, 0.25) is 0 Å². The summed E-state index contributed by atoms with van der Waals surface area (Å²) < 4.78 is 42.6. The van der Waals surface area contributed by atoms with E-state index in [1.54, 1.807) is 12.1 Å². The van der Waals surface area contributed by atoms with Gasteiger partial charge in [0, 0.05) is 13.2 Å². The molecular formula is C40H62O5S. The molecular weight excluding hydrogens is 593 g/mol. The van der Waals surface area contributed by atoms with Crippen molar-refractivity contribution < 1.29 is 22.6 Å². The molecule has 3 rings (SSSR count). The summed E-state index contributed by atoms with van der Waals surface area (Å²) in [5.41, 5.74) is 2.04. The van der Waals surface area contributed by atoms with Gasteiger partial charge in [0.2, 0.25) is 0 Å². The quantitative estimate of drug-likeness (QED) is 0.0746. The van der Waals surface area contributed by atoms with Crippen LogP contribution in [0.3, 0.4) is 0 Å². The van der Waals surface area contributed by atoms with Crippen molar-refractivity contribution >= 4 is 22.0 Å². The Morgan fingerprint density at radius 3 is 1.72 bits per heavy atom. The molecule has 1 saturated heterocycles. The largest absolute Gasteiger partial charge is 0.494 e. The van der Waals surface area contributed by atoms with E-state index in [0.717, 1.165) is 49.4 Å². The molecule has 0 amide bonds. The molecule has 6 heteroatoms. The first kappa shape index (κ1) is 38.3. The van der Waals surface area contributed by atoms with Gasteiger partial charge in [0.05, 0.1) is 30.0 Å². The van der Waals surface area contributed by atoms with E-state index in [2.05, 4.69) is 19.1 Å². The number of ether oxygens (including phenoxy) is 3. The highest BCUT2D eigenvalue weighted by Gasteiger charge is 2.16. The molecule has 0 radical (unpaired) electrons. The molecule has 1 atom stereocenters. The summed E-state index contributed by atoms with van der Waals surface area (Å²) in [7, 11) is -3.33. The number of hydrogen-bond acceptors (Lipinski definition) is 5. The first-order valence-corrected chi connectivity index (χ1v) is 20.1. The fourth-order valence-corrected chi connectivity index (χ4v) is 7.24. The molecule has 46 heavy (non-hydrogen) atoms. The Hall–Kier alpha value is -2.15. The Kier molecular flexibility index (Phi) is 20.0. The summed E-state index contributed by atoms with van der Waals surface area (Å²) in [5.74, 6) is 0.995. The molecule has 1 aliphatic rings. The van der Waals surface area contributed by atoms with Crippen molar-refractivity contribution in [3.05, 3.63) is 59.7 Å². The van der Waals surface area contributed by atoms with Crippen LogP contribution in [0.4, 0.5) is 0 Å². The van der Waals surface area contributed by atoms with E-state index in [-0.39, 0.29) is 11.9 Å². The Balaban J connectivity index is 1.19. The van der Waals surface area contributed by atoms with Crippen LogP contribution >= 0.6 is 0 Å². The molecule has 0 aromatic heterocycles. The van der Waals surface area contributed by atoms with Crippen molar-refractivity contribution in [1.82, 2.24) is 0 Å². The van der Waals surface area contributed by atoms with Crippen molar-refractivity contribution in [3.8, 4) is 5.75 Å². The lowest BCUT2D eigenvalue weighted by molar-refractivity contribution is -0.0494. The number of hydrogen-bond donors (Lipinski definition) is 0. The topological polar surface area (TPSA) is 61.8 Å². The first-order valence-electron chi connectivity index (χ1n) is 18.5. The number of benzene rings is 2. The van der Waals surface area contributed by atoms with E-state index in [1.165, 1.54) is 96.3 Å². The highest BCUT2D eigenvalue weighted by Crippen LogP contribution is 2.19. The minimum absolute atomic E-state index is 0.0870. The molecule has 0 saturated carbocycles. The molecule has 0 spiro atoms. The van der Waals surface area contributed by atoms with Crippen LogP contribution in [0.25, 0.3) is 12.2 Å². The summed E-state index contributed by atoms with van der Waals surface area (Å²) in [6.45, 7) is 4.90. The van der Waals surface area contributed by atoms with Gasteiger partial charge in [-0.05, 0) is 61.1 Å². The third-order valence-corrected chi connectivity index (χ3v) is 10.7. The van der Waals surface area contributed by atoms with Gasteiger partial charge in [-0.1, -0.05) is 140 Å². The van der Waals surface area contributed by atoms with Crippen LogP contribution in [0.5, 0.6) is 5.75 Å².